The predicted molar refractivity (Wildman–Crippen MR) is 78.3 cm³/mol. The van der Waals surface area contributed by atoms with Gasteiger partial charge in [-0.25, -0.2) is 0 Å². The molecule has 2 aliphatic rings. The number of benzene rings is 1. The van der Waals surface area contributed by atoms with Crippen molar-refractivity contribution in [2.24, 2.45) is 5.73 Å². The van der Waals surface area contributed by atoms with Crippen LogP contribution in [0.25, 0.3) is 0 Å². The lowest BCUT2D eigenvalue weighted by atomic mass is 9.77. The summed E-state index contributed by atoms with van der Waals surface area (Å²) in [5, 5.41) is 0. The highest BCUT2D eigenvalue weighted by Gasteiger charge is 2.46. The highest BCUT2D eigenvalue weighted by atomic mass is 79.9. The average Bonchev–Trinajstić information content (AvgIpc) is 2.29. The van der Waals surface area contributed by atoms with Gasteiger partial charge in [0.05, 0.1) is 12.2 Å². The molecule has 1 aromatic carbocycles. The van der Waals surface area contributed by atoms with Crippen LogP contribution in [0, 0.1) is 0 Å². The van der Waals surface area contributed by atoms with Crippen molar-refractivity contribution in [3.63, 3.8) is 0 Å². The van der Waals surface area contributed by atoms with Gasteiger partial charge in [0, 0.05) is 35.3 Å². The van der Waals surface area contributed by atoms with E-state index < -0.39 is 0 Å². The second kappa shape index (κ2) is 4.47. The fraction of sp³-hybridized carbons (Fsp3) is 0.600. The topological polar surface area (TPSA) is 44.5 Å². The molecule has 1 aromatic rings. The van der Waals surface area contributed by atoms with Gasteiger partial charge < -0.3 is 15.2 Å². The third kappa shape index (κ3) is 2.54. The van der Waals surface area contributed by atoms with Gasteiger partial charge in [-0.05, 0) is 32.0 Å². The van der Waals surface area contributed by atoms with Gasteiger partial charge in [-0.2, -0.15) is 0 Å². The summed E-state index contributed by atoms with van der Waals surface area (Å²) in [5.74, 6) is 0.930. The van der Waals surface area contributed by atoms with E-state index in [9.17, 15) is 0 Å². The number of fused-ring (bicyclic) bond motifs is 1. The molecule has 104 valence electrons. The molecule has 1 saturated heterocycles. The zero-order valence-electron chi connectivity index (χ0n) is 11.4. The zero-order chi connectivity index (χ0) is 13.7. The van der Waals surface area contributed by atoms with Gasteiger partial charge in [0.2, 0.25) is 0 Å². The first kappa shape index (κ1) is 13.4. The lowest BCUT2D eigenvalue weighted by Crippen LogP contribution is -2.52. The highest BCUT2D eigenvalue weighted by molar-refractivity contribution is 9.10. The summed E-state index contributed by atoms with van der Waals surface area (Å²) in [6, 6.07) is 6.13. The SMILES string of the molecule is CC1(C)CC2(CCO1)C[C@H](N)c1cc(Br)ccc1O2. The lowest BCUT2D eigenvalue weighted by Gasteiger charge is -2.48. The summed E-state index contributed by atoms with van der Waals surface area (Å²) < 4.78 is 13.2. The summed E-state index contributed by atoms with van der Waals surface area (Å²) in [5.41, 5.74) is 7.17. The van der Waals surface area contributed by atoms with Crippen molar-refractivity contribution >= 4 is 15.9 Å². The van der Waals surface area contributed by atoms with Crippen LogP contribution in [0.2, 0.25) is 0 Å². The van der Waals surface area contributed by atoms with Gasteiger partial charge in [-0.1, -0.05) is 15.9 Å². The van der Waals surface area contributed by atoms with Crippen LogP contribution in [0.5, 0.6) is 5.75 Å². The molecular weight excluding hydrogens is 306 g/mol. The van der Waals surface area contributed by atoms with Crippen LogP contribution >= 0.6 is 15.9 Å². The number of ether oxygens (including phenoxy) is 2. The van der Waals surface area contributed by atoms with Crippen LogP contribution in [-0.2, 0) is 4.74 Å². The maximum atomic E-state index is 6.37. The Hall–Kier alpha value is -0.580. The first-order valence-electron chi connectivity index (χ1n) is 6.77. The fourth-order valence-corrected chi connectivity index (χ4v) is 3.76. The van der Waals surface area contributed by atoms with Gasteiger partial charge in [-0.15, -0.1) is 0 Å². The van der Waals surface area contributed by atoms with E-state index in [4.69, 9.17) is 15.2 Å². The molecule has 3 nitrogen and oxygen atoms in total. The van der Waals surface area contributed by atoms with E-state index in [0.29, 0.717) is 0 Å². The minimum atomic E-state index is -0.165. The van der Waals surface area contributed by atoms with Crippen molar-refractivity contribution in [1.29, 1.82) is 0 Å². The fourth-order valence-electron chi connectivity index (χ4n) is 3.38. The quantitative estimate of drug-likeness (QED) is 0.793. The Kier molecular flexibility index (Phi) is 3.15. The average molecular weight is 326 g/mol. The second-order valence-electron chi connectivity index (χ2n) is 6.31. The minimum absolute atomic E-state index is 0.0372. The van der Waals surface area contributed by atoms with Gasteiger partial charge in [-0.3, -0.25) is 0 Å². The molecule has 0 amide bonds. The number of nitrogens with two attached hydrogens (primary N) is 1. The standard InChI is InChI=1S/C15H20BrNO2/c1-14(2)9-15(5-6-18-14)8-12(17)11-7-10(16)3-4-13(11)19-15/h3-4,7,12H,5-6,8-9,17H2,1-2H3/t12-,15?/m0/s1. The Labute approximate surface area is 122 Å². The van der Waals surface area contributed by atoms with Crippen LogP contribution in [0.15, 0.2) is 22.7 Å². The molecule has 0 aliphatic carbocycles. The Bertz CT molecular complexity index is 503. The van der Waals surface area contributed by atoms with E-state index in [0.717, 1.165) is 41.7 Å². The molecule has 0 bridgehead atoms. The van der Waals surface area contributed by atoms with Gasteiger partial charge in [0.1, 0.15) is 11.4 Å². The van der Waals surface area contributed by atoms with E-state index in [2.05, 4.69) is 35.8 Å². The Morgan fingerprint density at radius 1 is 1.37 bits per heavy atom. The molecule has 2 heterocycles. The van der Waals surface area contributed by atoms with Gasteiger partial charge in [0.25, 0.3) is 0 Å². The predicted octanol–water partition coefficient (Wildman–Crippen LogP) is 3.56. The largest absolute Gasteiger partial charge is 0.487 e. The summed E-state index contributed by atoms with van der Waals surface area (Å²) in [7, 11) is 0. The molecule has 0 saturated carbocycles. The Morgan fingerprint density at radius 3 is 2.89 bits per heavy atom. The van der Waals surface area contributed by atoms with Crippen molar-refractivity contribution in [2.75, 3.05) is 6.61 Å². The third-order valence-corrected chi connectivity index (χ3v) is 4.58. The first-order valence-corrected chi connectivity index (χ1v) is 7.57. The first-order chi connectivity index (χ1) is 8.89. The van der Waals surface area contributed by atoms with Crippen molar-refractivity contribution in [3.05, 3.63) is 28.2 Å². The van der Waals surface area contributed by atoms with E-state index >= 15 is 0 Å². The summed E-state index contributed by atoms with van der Waals surface area (Å²) >= 11 is 3.49. The van der Waals surface area contributed by atoms with E-state index in [1.807, 2.05) is 12.1 Å². The molecule has 0 radical (unpaired) electrons. The normalized spacial score (nSPS) is 32.7. The molecule has 19 heavy (non-hydrogen) atoms. The molecule has 3 rings (SSSR count). The van der Waals surface area contributed by atoms with Gasteiger partial charge >= 0.3 is 0 Å². The van der Waals surface area contributed by atoms with Crippen LogP contribution in [0.3, 0.4) is 0 Å². The molecule has 0 aromatic heterocycles. The molecule has 4 heteroatoms. The summed E-state index contributed by atoms with van der Waals surface area (Å²) in [4.78, 5) is 0. The lowest BCUT2D eigenvalue weighted by molar-refractivity contribution is -0.141. The Balaban J connectivity index is 1.94. The maximum absolute atomic E-state index is 6.37. The van der Waals surface area contributed by atoms with Crippen molar-refractivity contribution in [1.82, 2.24) is 0 Å². The van der Waals surface area contributed by atoms with E-state index in [1.54, 1.807) is 0 Å². The smallest absolute Gasteiger partial charge is 0.124 e. The summed E-state index contributed by atoms with van der Waals surface area (Å²) in [6.45, 7) is 4.99. The molecule has 2 aliphatic heterocycles. The molecule has 2 N–H and O–H groups in total. The zero-order valence-corrected chi connectivity index (χ0v) is 13.0. The molecule has 1 unspecified atom stereocenters. The number of rotatable bonds is 0. The van der Waals surface area contributed by atoms with Crippen LogP contribution in [0.4, 0.5) is 0 Å². The molecule has 1 spiro atoms. The highest BCUT2D eigenvalue weighted by Crippen LogP contribution is 2.46. The van der Waals surface area contributed by atoms with Crippen molar-refractivity contribution < 1.29 is 9.47 Å². The van der Waals surface area contributed by atoms with E-state index in [1.165, 1.54) is 0 Å². The van der Waals surface area contributed by atoms with Gasteiger partial charge in [0.15, 0.2) is 0 Å². The molecule has 1 fully saturated rings. The third-order valence-electron chi connectivity index (χ3n) is 4.09. The summed E-state index contributed by atoms with van der Waals surface area (Å²) in [6.07, 6.45) is 2.67. The maximum Gasteiger partial charge on any atom is 0.124 e. The molecule has 2 atom stereocenters. The second-order valence-corrected chi connectivity index (χ2v) is 7.23. The molecular formula is C15H20BrNO2. The monoisotopic (exact) mass is 325 g/mol. The number of hydrogen-bond donors (Lipinski definition) is 1. The Morgan fingerprint density at radius 2 is 2.16 bits per heavy atom. The van der Waals surface area contributed by atoms with E-state index in [-0.39, 0.29) is 17.2 Å². The number of hydrogen-bond acceptors (Lipinski definition) is 3. The van der Waals surface area contributed by atoms with Crippen molar-refractivity contribution in [3.8, 4) is 5.75 Å². The minimum Gasteiger partial charge on any atom is -0.487 e. The van der Waals surface area contributed by atoms with Crippen LogP contribution in [0.1, 0.15) is 44.7 Å². The van der Waals surface area contributed by atoms with Crippen molar-refractivity contribution in [2.45, 2.75) is 50.4 Å². The van der Waals surface area contributed by atoms with Crippen LogP contribution < -0.4 is 10.5 Å². The number of halogens is 1. The van der Waals surface area contributed by atoms with Crippen LogP contribution in [-0.4, -0.2) is 17.8 Å².